The van der Waals surface area contributed by atoms with Crippen molar-refractivity contribution in [2.75, 3.05) is 20.2 Å². The summed E-state index contributed by atoms with van der Waals surface area (Å²) in [4.78, 5) is 12.9. The fourth-order valence-electron chi connectivity index (χ4n) is 3.49. The Hall–Kier alpha value is -2.09. The molecule has 0 radical (unpaired) electrons. The average Bonchev–Trinajstić information content (AvgIpc) is 2.74. The van der Waals surface area contributed by atoms with Crippen LogP contribution in [0.3, 0.4) is 0 Å². The van der Waals surface area contributed by atoms with Crippen molar-refractivity contribution in [1.29, 1.82) is 0 Å². The third kappa shape index (κ3) is 4.91. The highest BCUT2D eigenvalue weighted by atomic mass is 35.5. The standard InChI is InChI=1S/C21H25ClN2O4S/c1-15(19-5-3-4-6-20(19)22)23-21(25)16-11-13-24(14-12-16)29(26,27)18-9-7-17(28-2)8-10-18/h3-10,15-16H,11-14H2,1-2H3,(H,23,25)/t15-/m1/s1. The zero-order valence-electron chi connectivity index (χ0n) is 16.5. The summed E-state index contributed by atoms with van der Waals surface area (Å²) in [5, 5.41) is 3.61. The van der Waals surface area contributed by atoms with Crippen LogP contribution in [0.2, 0.25) is 5.02 Å². The second-order valence-corrected chi connectivity index (χ2v) is 9.45. The minimum Gasteiger partial charge on any atom is -0.497 e. The van der Waals surface area contributed by atoms with E-state index in [9.17, 15) is 13.2 Å². The summed E-state index contributed by atoms with van der Waals surface area (Å²) in [5.41, 5.74) is 0.863. The van der Waals surface area contributed by atoms with Gasteiger partial charge in [0.1, 0.15) is 5.75 Å². The van der Waals surface area contributed by atoms with E-state index in [0.29, 0.717) is 36.7 Å². The molecule has 3 rings (SSSR count). The SMILES string of the molecule is COc1ccc(S(=O)(=O)N2CCC(C(=O)N[C@H](C)c3ccccc3Cl)CC2)cc1. The van der Waals surface area contributed by atoms with Crippen LogP contribution in [0.25, 0.3) is 0 Å². The van der Waals surface area contributed by atoms with Crippen molar-refractivity contribution < 1.29 is 17.9 Å². The topological polar surface area (TPSA) is 75.7 Å². The molecule has 2 aromatic rings. The first-order valence-electron chi connectivity index (χ1n) is 9.52. The maximum absolute atomic E-state index is 12.8. The molecule has 1 fully saturated rings. The molecule has 1 aliphatic heterocycles. The molecule has 6 nitrogen and oxygen atoms in total. The Morgan fingerprint density at radius 2 is 1.76 bits per heavy atom. The first-order chi connectivity index (χ1) is 13.8. The van der Waals surface area contributed by atoms with Crippen LogP contribution in [0.4, 0.5) is 0 Å². The van der Waals surface area contributed by atoms with Gasteiger partial charge in [0.05, 0.1) is 18.0 Å². The summed E-state index contributed by atoms with van der Waals surface area (Å²) in [7, 11) is -2.05. The van der Waals surface area contributed by atoms with Gasteiger partial charge in [0.25, 0.3) is 0 Å². The third-order valence-corrected chi connectivity index (χ3v) is 7.51. The highest BCUT2D eigenvalue weighted by molar-refractivity contribution is 7.89. The van der Waals surface area contributed by atoms with Crippen molar-refractivity contribution in [2.24, 2.45) is 5.92 Å². The van der Waals surface area contributed by atoms with Crippen LogP contribution in [0.5, 0.6) is 5.75 Å². The third-order valence-electron chi connectivity index (χ3n) is 5.25. The Morgan fingerprint density at radius 1 is 1.14 bits per heavy atom. The summed E-state index contributed by atoms with van der Waals surface area (Å²) in [5.74, 6) is 0.313. The van der Waals surface area contributed by atoms with Crippen molar-refractivity contribution in [3.05, 3.63) is 59.1 Å². The summed E-state index contributed by atoms with van der Waals surface area (Å²) >= 11 is 6.20. The maximum Gasteiger partial charge on any atom is 0.243 e. The smallest absolute Gasteiger partial charge is 0.243 e. The molecule has 0 saturated carbocycles. The Balaban J connectivity index is 1.59. The fourth-order valence-corrected chi connectivity index (χ4v) is 5.26. The number of hydrogen-bond acceptors (Lipinski definition) is 4. The predicted molar refractivity (Wildman–Crippen MR) is 112 cm³/mol. The molecule has 1 atom stereocenters. The molecule has 0 bridgehead atoms. The van der Waals surface area contributed by atoms with Crippen LogP contribution in [0, 0.1) is 5.92 Å². The van der Waals surface area contributed by atoms with E-state index >= 15 is 0 Å². The van der Waals surface area contributed by atoms with Crippen LogP contribution < -0.4 is 10.1 Å². The zero-order valence-corrected chi connectivity index (χ0v) is 18.0. The largest absolute Gasteiger partial charge is 0.497 e. The second-order valence-electron chi connectivity index (χ2n) is 7.11. The van der Waals surface area contributed by atoms with E-state index in [2.05, 4.69) is 5.32 Å². The van der Waals surface area contributed by atoms with Gasteiger partial charge in [-0.15, -0.1) is 0 Å². The molecule has 2 aromatic carbocycles. The maximum atomic E-state index is 12.8. The minimum absolute atomic E-state index is 0.0704. The van der Waals surface area contributed by atoms with Crippen LogP contribution >= 0.6 is 11.6 Å². The average molecular weight is 437 g/mol. The lowest BCUT2D eigenvalue weighted by molar-refractivity contribution is -0.126. The molecular weight excluding hydrogens is 412 g/mol. The molecule has 0 unspecified atom stereocenters. The number of piperidine rings is 1. The Kier molecular flexibility index (Phi) is 6.82. The van der Waals surface area contributed by atoms with Gasteiger partial charge in [-0.1, -0.05) is 29.8 Å². The number of amides is 1. The van der Waals surface area contributed by atoms with Gasteiger partial charge in [-0.25, -0.2) is 8.42 Å². The number of sulfonamides is 1. The minimum atomic E-state index is -3.58. The predicted octanol–water partition coefficient (Wildman–Crippen LogP) is 3.63. The van der Waals surface area contributed by atoms with E-state index in [1.54, 1.807) is 18.2 Å². The Labute approximate surface area is 176 Å². The summed E-state index contributed by atoms with van der Waals surface area (Å²) < 4.78 is 32.2. The first-order valence-corrected chi connectivity index (χ1v) is 11.3. The van der Waals surface area contributed by atoms with Gasteiger partial charge >= 0.3 is 0 Å². The number of ether oxygens (including phenoxy) is 1. The number of rotatable bonds is 6. The Bertz CT molecular complexity index is 955. The van der Waals surface area contributed by atoms with Gasteiger partial charge in [-0.2, -0.15) is 4.31 Å². The number of nitrogens with zero attached hydrogens (tertiary/aromatic N) is 1. The molecule has 1 N–H and O–H groups in total. The normalized spacial score (nSPS) is 16.9. The highest BCUT2D eigenvalue weighted by Crippen LogP contribution is 2.27. The van der Waals surface area contributed by atoms with E-state index in [4.69, 9.17) is 16.3 Å². The van der Waals surface area contributed by atoms with Crippen LogP contribution in [-0.2, 0) is 14.8 Å². The van der Waals surface area contributed by atoms with Gasteiger partial charge in [0, 0.05) is 24.0 Å². The quantitative estimate of drug-likeness (QED) is 0.750. The van der Waals surface area contributed by atoms with Gasteiger partial charge in [0.2, 0.25) is 15.9 Å². The molecule has 29 heavy (non-hydrogen) atoms. The van der Waals surface area contributed by atoms with Gasteiger partial charge in [-0.05, 0) is 55.7 Å². The highest BCUT2D eigenvalue weighted by Gasteiger charge is 2.32. The summed E-state index contributed by atoms with van der Waals surface area (Å²) in [6.45, 7) is 2.52. The molecule has 1 saturated heterocycles. The number of halogens is 1. The summed E-state index contributed by atoms with van der Waals surface area (Å²) in [6.07, 6.45) is 0.965. The molecule has 1 aliphatic rings. The van der Waals surface area contributed by atoms with E-state index in [1.165, 1.54) is 23.5 Å². The van der Waals surface area contributed by atoms with Crippen molar-refractivity contribution >= 4 is 27.5 Å². The molecule has 0 spiro atoms. The van der Waals surface area contributed by atoms with Crippen LogP contribution in [-0.4, -0.2) is 38.8 Å². The fraction of sp³-hybridized carbons (Fsp3) is 0.381. The molecule has 0 aromatic heterocycles. The number of nitrogens with one attached hydrogen (secondary N) is 1. The van der Waals surface area contributed by atoms with Gasteiger partial charge in [-0.3, -0.25) is 4.79 Å². The van der Waals surface area contributed by atoms with E-state index in [0.717, 1.165) is 5.56 Å². The van der Waals surface area contributed by atoms with E-state index in [1.807, 2.05) is 25.1 Å². The zero-order chi connectivity index (χ0) is 21.0. The monoisotopic (exact) mass is 436 g/mol. The molecule has 1 amide bonds. The van der Waals surface area contributed by atoms with Crippen molar-refractivity contribution in [3.8, 4) is 5.75 Å². The van der Waals surface area contributed by atoms with Crippen molar-refractivity contribution in [2.45, 2.75) is 30.7 Å². The molecule has 0 aliphatic carbocycles. The van der Waals surface area contributed by atoms with Crippen molar-refractivity contribution in [3.63, 3.8) is 0 Å². The number of carbonyl (C=O) groups is 1. The van der Waals surface area contributed by atoms with E-state index in [-0.39, 0.29) is 22.8 Å². The molecule has 1 heterocycles. The molecule has 156 valence electrons. The number of hydrogen-bond donors (Lipinski definition) is 1. The van der Waals surface area contributed by atoms with Crippen LogP contribution in [0.15, 0.2) is 53.4 Å². The van der Waals surface area contributed by atoms with Gasteiger partial charge in [0.15, 0.2) is 0 Å². The Morgan fingerprint density at radius 3 is 2.34 bits per heavy atom. The first kappa shape index (κ1) is 21.6. The lowest BCUT2D eigenvalue weighted by atomic mass is 9.96. The van der Waals surface area contributed by atoms with E-state index < -0.39 is 10.0 Å². The van der Waals surface area contributed by atoms with Crippen LogP contribution in [0.1, 0.15) is 31.4 Å². The van der Waals surface area contributed by atoms with Crippen molar-refractivity contribution in [1.82, 2.24) is 9.62 Å². The number of carbonyl (C=O) groups excluding carboxylic acids is 1. The second kappa shape index (κ2) is 9.15. The molecule has 8 heteroatoms. The number of benzene rings is 2. The lowest BCUT2D eigenvalue weighted by Crippen LogP contribution is -2.43. The van der Waals surface area contributed by atoms with Gasteiger partial charge < -0.3 is 10.1 Å². The lowest BCUT2D eigenvalue weighted by Gasteiger charge is -2.31. The summed E-state index contributed by atoms with van der Waals surface area (Å²) in [6, 6.07) is 13.5. The number of methoxy groups -OCH3 is 1. The molecular formula is C21H25ClN2O4S.